The standard InChI is InChI=1S/C8H17N/c1-6-5-8(6)4-3-7(2)9/h6-8H,3-5,9H2,1-2H3/t6?,7-,8?/m1/s1. The number of nitrogens with two attached hydrogens (primary N) is 1. The number of hydrogen-bond acceptors (Lipinski definition) is 1. The lowest BCUT2D eigenvalue weighted by atomic mass is 10.1. The summed E-state index contributed by atoms with van der Waals surface area (Å²) in [4.78, 5) is 0. The Morgan fingerprint density at radius 3 is 2.56 bits per heavy atom. The monoisotopic (exact) mass is 127 g/mol. The summed E-state index contributed by atoms with van der Waals surface area (Å²) in [7, 11) is 0. The second-order valence-corrected chi connectivity index (χ2v) is 3.53. The van der Waals surface area contributed by atoms with E-state index in [0.29, 0.717) is 6.04 Å². The lowest BCUT2D eigenvalue weighted by molar-refractivity contribution is 0.566. The van der Waals surface area contributed by atoms with Crippen LogP contribution in [0.4, 0.5) is 0 Å². The van der Waals surface area contributed by atoms with Gasteiger partial charge in [-0.05, 0) is 38.0 Å². The highest BCUT2D eigenvalue weighted by atomic mass is 14.6. The summed E-state index contributed by atoms with van der Waals surface area (Å²) in [6.45, 7) is 4.42. The lowest BCUT2D eigenvalue weighted by Gasteiger charge is -2.01. The van der Waals surface area contributed by atoms with Gasteiger partial charge in [-0.15, -0.1) is 0 Å². The van der Waals surface area contributed by atoms with Gasteiger partial charge in [0, 0.05) is 6.04 Å². The van der Waals surface area contributed by atoms with E-state index in [4.69, 9.17) is 5.73 Å². The highest BCUT2D eigenvalue weighted by Crippen LogP contribution is 2.41. The van der Waals surface area contributed by atoms with Crippen molar-refractivity contribution < 1.29 is 0 Å². The van der Waals surface area contributed by atoms with Crippen LogP contribution in [0.25, 0.3) is 0 Å². The molecule has 54 valence electrons. The van der Waals surface area contributed by atoms with Gasteiger partial charge in [0.2, 0.25) is 0 Å². The van der Waals surface area contributed by atoms with Gasteiger partial charge in [-0.1, -0.05) is 6.92 Å². The second-order valence-electron chi connectivity index (χ2n) is 3.53. The minimum absolute atomic E-state index is 0.415. The molecule has 1 saturated carbocycles. The van der Waals surface area contributed by atoms with E-state index < -0.39 is 0 Å². The quantitative estimate of drug-likeness (QED) is 0.614. The summed E-state index contributed by atoms with van der Waals surface area (Å²) in [6.07, 6.45) is 4.03. The SMILES string of the molecule is CC1CC1CC[C@@H](C)N. The van der Waals surface area contributed by atoms with Gasteiger partial charge in [0.05, 0.1) is 0 Å². The highest BCUT2D eigenvalue weighted by molar-refractivity contribution is 4.82. The van der Waals surface area contributed by atoms with E-state index in [9.17, 15) is 0 Å². The van der Waals surface area contributed by atoms with Crippen molar-refractivity contribution in [2.45, 2.75) is 39.2 Å². The molecule has 3 atom stereocenters. The fourth-order valence-corrected chi connectivity index (χ4v) is 1.28. The third-order valence-corrected chi connectivity index (χ3v) is 2.27. The Kier molecular flexibility index (Phi) is 2.12. The Labute approximate surface area is 57.6 Å². The molecule has 1 aliphatic carbocycles. The molecule has 0 aliphatic heterocycles. The maximum atomic E-state index is 5.61. The summed E-state index contributed by atoms with van der Waals surface area (Å²) in [5, 5.41) is 0. The van der Waals surface area contributed by atoms with Crippen LogP contribution in [0.3, 0.4) is 0 Å². The van der Waals surface area contributed by atoms with E-state index in [1.54, 1.807) is 0 Å². The molecule has 0 aromatic rings. The van der Waals surface area contributed by atoms with Gasteiger partial charge in [0.1, 0.15) is 0 Å². The van der Waals surface area contributed by atoms with Gasteiger partial charge in [-0.25, -0.2) is 0 Å². The molecule has 1 heteroatoms. The first-order valence-corrected chi connectivity index (χ1v) is 3.95. The van der Waals surface area contributed by atoms with E-state index in [0.717, 1.165) is 11.8 Å². The van der Waals surface area contributed by atoms with Crippen molar-refractivity contribution in [3.63, 3.8) is 0 Å². The molecule has 1 fully saturated rings. The predicted molar refractivity (Wildman–Crippen MR) is 40.2 cm³/mol. The predicted octanol–water partition coefficient (Wildman–Crippen LogP) is 1.77. The molecule has 0 aromatic heterocycles. The molecule has 0 amide bonds. The fourth-order valence-electron chi connectivity index (χ4n) is 1.28. The summed E-state index contributed by atoms with van der Waals surface area (Å²) in [6, 6.07) is 0.415. The zero-order valence-electron chi connectivity index (χ0n) is 6.43. The van der Waals surface area contributed by atoms with E-state index in [2.05, 4.69) is 13.8 Å². The van der Waals surface area contributed by atoms with Crippen LogP contribution in [0.2, 0.25) is 0 Å². The van der Waals surface area contributed by atoms with Crippen molar-refractivity contribution in [1.82, 2.24) is 0 Å². The summed E-state index contributed by atoms with van der Waals surface area (Å²) >= 11 is 0. The third kappa shape index (κ3) is 2.35. The molecule has 2 N–H and O–H groups in total. The zero-order valence-corrected chi connectivity index (χ0v) is 6.43. The Hall–Kier alpha value is -0.0400. The van der Waals surface area contributed by atoms with Crippen molar-refractivity contribution in [3.8, 4) is 0 Å². The van der Waals surface area contributed by atoms with Crippen molar-refractivity contribution in [1.29, 1.82) is 0 Å². The molecule has 0 heterocycles. The van der Waals surface area contributed by atoms with Crippen LogP contribution < -0.4 is 5.73 Å². The van der Waals surface area contributed by atoms with Gasteiger partial charge < -0.3 is 5.73 Å². The van der Waals surface area contributed by atoms with Crippen LogP contribution in [-0.2, 0) is 0 Å². The van der Waals surface area contributed by atoms with Crippen LogP contribution in [0.5, 0.6) is 0 Å². The normalized spacial score (nSPS) is 36.3. The van der Waals surface area contributed by atoms with Crippen LogP contribution in [0.1, 0.15) is 33.1 Å². The van der Waals surface area contributed by atoms with Crippen molar-refractivity contribution in [2.75, 3.05) is 0 Å². The fraction of sp³-hybridized carbons (Fsp3) is 1.00. The largest absolute Gasteiger partial charge is 0.328 e. The molecule has 9 heavy (non-hydrogen) atoms. The van der Waals surface area contributed by atoms with Crippen molar-refractivity contribution in [3.05, 3.63) is 0 Å². The van der Waals surface area contributed by atoms with Crippen molar-refractivity contribution in [2.24, 2.45) is 17.6 Å². The maximum Gasteiger partial charge on any atom is 0.00105 e. The van der Waals surface area contributed by atoms with Crippen LogP contribution in [0, 0.1) is 11.8 Å². The van der Waals surface area contributed by atoms with E-state index >= 15 is 0 Å². The number of hydrogen-bond donors (Lipinski definition) is 1. The minimum atomic E-state index is 0.415. The zero-order chi connectivity index (χ0) is 6.85. The average Bonchev–Trinajstić information content (AvgIpc) is 2.42. The summed E-state index contributed by atoms with van der Waals surface area (Å²) < 4.78 is 0. The van der Waals surface area contributed by atoms with Gasteiger partial charge in [0.25, 0.3) is 0 Å². The van der Waals surface area contributed by atoms with Gasteiger partial charge >= 0.3 is 0 Å². The Balaban J connectivity index is 1.94. The smallest absolute Gasteiger partial charge is 0.00105 e. The summed E-state index contributed by atoms with van der Waals surface area (Å²) in [5.41, 5.74) is 5.61. The molecule has 0 bridgehead atoms. The molecule has 0 saturated heterocycles. The first-order chi connectivity index (χ1) is 4.20. The van der Waals surface area contributed by atoms with Gasteiger partial charge in [-0.2, -0.15) is 0 Å². The Bertz CT molecular complexity index is 88.6. The van der Waals surface area contributed by atoms with Gasteiger partial charge in [-0.3, -0.25) is 0 Å². The maximum absolute atomic E-state index is 5.61. The minimum Gasteiger partial charge on any atom is -0.328 e. The second kappa shape index (κ2) is 2.70. The van der Waals surface area contributed by atoms with Crippen LogP contribution >= 0.6 is 0 Å². The lowest BCUT2D eigenvalue weighted by Crippen LogP contribution is -2.14. The first-order valence-electron chi connectivity index (χ1n) is 3.95. The Morgan fingerprint density at radius 2 is 2.22 bits per heavy atom. The molecule has 1 aliphatic rings. The van der Waals surface area contributed by atoms with Crippen LogP contribution in [-0.4, -0.2) is 6.04 Å². The molecule has 0 spiro atoms. The van der Waals surface area contributed by atoms with Gasteiger partial charge in [0.15, 0.2) is 0 Å². The van der Waals surface area contributed by atoms with E-state index in [-0.39, 0.29) is 0 Å². The molecule has 0 radical (unpaired) electrons. The molecular weight excluding hydrogens is 110 g/mol. The van der Waals surface area contributed by atoms with E-state index in [1.165, 1.54) is 19.3 Å². The average molecular weight is 127 g/mol. The van der Waals surface area contributed by atoms with E-state index in [1.807, 2.05) is 0 Å². The molecular formula is C8H17N. The Morgan fingerprint density at radius 1 is 1.67 bits per heavy atom. The first kappa shape index (κ1) is 7.07. The topological polar surface area (TPSA) is 26.0 Å². The van der Waals surface area contributed by atoms with Crippen LogP contribution in [0.15, 0.2) is 0 Å². The molecule has 0 aromatic carbocycles. The summed E-state index contributed by atoms with van der Waals surface area (Å²) in [5.74, 6) is 2.03. The molecule has 1 nitrogen and oxygen atoms in total. The highest BCUT2D eigenvalue weighted by Gasteiger charge is 2.31. The molecule has 1 rings (SSSR count). The third-order valence-electron chi connectivity index (χ3n) is 2.27. The molecule has 2 unspecified atom stereocenters. The number of rotatable bonds is 3. The van der Waals surface area contributed by atoms with Crippen molar-refractivity contribution >= 4 is 0 Å².